The van der Waals surface area contributed by atoms with Crippen LogP contribution in [0.25, 0.3) is 102 Å². The summed E-state index contributed by atoms with van der Waals surface area (Å²) < 4.78 is 49.6. The Morgan fingerprint density at radius 3 is 1.90 bits per heavy atom. The Balaban J connectivity index is 1.19. The summed E-state index contributed by atoms with van der Waals surface area (Å²) >= 11 is 3.42. The lowest BCUT2D eigenvalue weighted by atomic mass is 10.0. The predicted octanol–water partition coefficient (Wildman–Crippen LogP) is 12.7. The zero-order valence-electron chi connectivity index (χ0n) is 31.7. The van der Waals surface area contributed by atoms with Crippen LogP contribution in [0.1, 0.15) is 6.85 Å². The molecule has 51 heavy (non-hydrogen) atoms. The molecule has 0 unspecified atom stereocenters. The number of hydrogen-bond acceptors (Lipinski definition) is 5. The first-order valence-corrected chi connectivity index (χ1v) is 18.2. The van der Waals surface area contributed by atoms with E-state index >= 15 is 0 Å². The lowest BCUT2D eigenvalue weighted by molar-refractivity contribution is 1.08. The molecule has 0 radical (unpaired) electrons. The van der Waals surface area contributed by atoms with Crippen LogP contribution in [0.5, 0.6) is 0 Å². The molecule has 4 aromatic heterocycles. The fourth-order valence-corrected chi connectivity index (χ4v) is 9.66. The van der Waals surface area contributed by atoms with Crippen molar-refractivity contribution >= 4 is 84.8 Å². The van der Waals surface area contributed by atoms with E-state index in [1.807, 2.05) is 30.3 Å². The Labute approximate surface area is 307 Å². The van der Waals surface area contributed by atoms with Crippen molar-refractivity contribution in [3.05, 3.63) is 158 Å². The van der Waals surface area contributed by atoms with Gasteiger partial charge >= 0.3 is 0 Å². The van der Waals surface area contributed by atoms with E-state index in [0.717, 1.165) is 63.5 Å². The summed E-state index contributed by atoms with van der Waals surface area (Å²) in [6.45, 7) is 0. The van der Waals surface area contributed by atoms with Crippen LogP contribution in [0.3, 0.4) is 0 Å². The summed E-state index contributed by atoms with van der Waals surface area (Å²) in [5.41, 5.74) is 4.74. The third-order valence-electron chi connectivity index (χ3n) is 9.56. The Morgan fingerprint density at radius 2 is 1.10 bits per heavy atom. The van der Waals surface area contributed by atoms with Gasteiger partial charge in [0.25, 0.3) is 0 Å². The molecule has 4 heterocycles. The second-order valence-electron chi connectivity index (χ2n) is 12.4. The van der Waals surface area contributed by atoms with Crippen LogP contribution in [0.2, 0.25) is 0 Å². The summed E-state index contributed by atoms with van der Waals surface area (Å²) in [5.74, 6) is 0.705. The highest BCUT2D eigenvalue weighted by molar-refractivity contribution is 7.26. The van der Waals surface area contributed by atoms with Crippen LogP contribution in [-0.2, 0) is 0 Å². The topological polar surface area (TPSA) is 43.6 Å². The highest BCUT2D eigenvalue weighted by atomic mass is 32.1. The quantitative estimate of drug-likeness (QED) is 0.184. The van der Waals surface area contributed by atoms with Crippen molar-refractivity contribution in [3.8, 4) is 39.9 Å². The van der Waals surface area contributed by atoms with Crippen molar-refractivity contribution in [2.75, 3.05) is 0 Å². The molecule has 11 rings (SSSR count). The van der Waals surface area contributed by atoms with Gasteiger partial charge in [0.15, 0.2) is 17.5 Å². The Bertz CT molecular complexity index is 3380. The Hall–Kier alpha value is -6.21. The summed E-state index contributed by atoms with van der Waals surface area (Å²) in [7, 11) is 0. The lowest BCUT2D eigenvalue weighted by Crippen LogP contribution is -2.00. The number of para-hydroxylation sites is 2. The largest absolute Gasteiger partial charge is 0.308 e. The molecule has 4 nitrogen and oxygen atoms in total. The average molecular weight is 692 g/mol. The normalized spacial score (nSPS) is 13.3. The van der Waals surface area contributed by atoms with E-state index in [-0.39, 0.29) is 23.5 Å². The molecule has 0 aliphatic carbocycles. The van der Waals surface area contributed by atoms with E-state index in [1.54, 1.807) is 22.7 Å². The predicted molar refractivity (Wildman–Crippen MR) is 216 cm³/mol. The summed E-state index contributed by atoms with van der Waals surface area (Å²) in [6, 6.07) is 41.7. The first-order valence-electron chi connectivity index (χ1n) is 19.0. The third-order valence-corrected chi connectivity index (χ3v) is 11.9. The van der Waals surface area contributed by atoms with Gasteiger partial charge in [-0.1, -0.05) is 109 Å². The highest BCUT2D eigenvalue weighted by Gasteiger charge is 2.20. The zero-order valence-corrected chi connectivity index (χ0v) is 28.4. The molecule has 0 aliphatic rings. The molecule has 238 valence electrons. The van der Waals surface area contributed by atoms with Crippen LogP contribution >= 0.6 is 22.7 Å². The van der Waals surface area contributed by atoms with Crippen molar-refractivity contribution in [2.24, 2.45) is 0 Å². The van der Waals surface area contributed by atoms with Crippen molar-refractivity contribution in [3.63, 3.8) is 0 Å². The molecule has 6 heteroatoms. The minimum Gasteiger partial charge on any atom is -0.308 e. The van der Waals surface area contributed by atoms with Crippen molar-refractivity contribution in [1.29, 1.82) is 0 Å². The smallest absolute Gasteiger partial charge is 0.164 e. The molecule has 0 spiro atoms. The van der Waals surface area contributed by atoms with Crippen molar-refractivity contribution in [1.82, 2.24) is 19.5 Å². The lowest BCUT2D eigenvalue weighted by Gasteiger charge is -2.10. The number of nitrogens with zero attached hydrogens (tertiary/aromatic N) is 4. The molecule has 0 fully saturated rings. The van der Waals surface area contributed by atoms with Gasteiger partial charge < -0.3 is 4.57 Å². The zero-order chi connectivity index (χ0) is 37.8. The van der Waals surface area contributed by atoms with Gasteiger partial charge in [0.1, 0.15) is 0 Å². The van der Waals surface area contributed by atoms with Crippen LogP contribution in [-0.4, -0.2) is 19.5 Å². The third kappa shape index (κ3) is 4.40. The van der Waals surface area contributed by atoms with Gasteiger partial charge in [-0.25, -0.2) is 15.0 Å². The monoisotopic (exact) mass is 691 g/mol. The van der Waals surface area contributed by atoms with Gasteiger partial charge in [-0.3, -0.25) is 0 Å². The first kappa shape index (κ1) is 24.0. The number of benzene rings is 7. The van der Waals surface area contributed by atoms with E-state index in [1.165, 1.54) is 15.5 Å². The number of thiophene rings is 2. The van der Waals surface area contributed by atoms with E-state index in [4.69, 9.17) is 21.8 Å². The number of aromatic nitrogens is 4. The molecule has 0 N–H and O–H groups in total. The number of hydrogen-bond donors (Lipinski definition) is 0. The molecule has 11 aromatic rings. The summed E-state index contributed by atoms with van der Waals surface area (Å²) in [6.07, 6.45) is 0. The molecular formula is C45H26N4S2. The van der Waals surface area contributed by atoms with E-state index in [2.05, 4.69) is 102 Å². The van der Waals surface area contributed by atoms with E-state index in [0.29, 0.717) is 11.6 Å². The maximum absolute atomic E-state index is 8.85. The SMILES string of the molecule is [2H]c1c([2H])c([2H])c(-c2nc(-c3ccc4sc5ccccc5c4c3)nc(-c3cccc4sc5c(-n6c7ccccc7c7ccccc76)cccc5c34)n2)c([2H])c1[2H]. The van der Waals surface area contributed by atoms with Crippen molar-refractivity contribution in [2.45, 2.75) is 0 Å². The number of fused-ring (bicyclic) bond motifs is 9. The fourth-order valence-electron chi connectivity index (χ4n) is 7.34. The van der Waals surface area contributed by atoms with Crippen molar-refractivity contribution < 1.29 is 6.85 Å². The molecule has 0 amide bonds. The maximum atomic E-state index is 8.85. The van der Waals surface area contributed by atoms with Gasteiger partial charge in [0.2, 0.25) is 0 Å². The fraction of sp³-hybridized carbons (Fsp3) is 0. The average Bonchev–Trinajstić information content (AvgIpc) is 3.92. The minimum atomic E-state index is -0.471. The van der Waals surface area contributed by atoms with Gasteiger partial charge in [0.05, 0.1) is 28.3 Å². The maximum Gasteiger partial charge on any atom is 0.164 e. The summed E-state index contributed by atoms with van der Waals surface area (Å²) in [5, 5.41) is 6.58. The van der Waals surface area contributed by atoms with Crippen LogP contribution in [0.4, 0.5) is 0 Å². The highest BCUT2D eigenvalue weighted by Crippen LogP contribution is 2.44. The molecule has 0 bridgehead atoms. The number of rotatable bonds is 4. The molecule has 0 saturated carbocycles. The second kappa shape index (κ2) is 11.2. The molecule has 0 aliphatic heterocycles. The van der Waals surface area contributed by atoms with Gasteiger partial charge in [-0.15, -0.1) is 22.7 Å². The van der Waals surface area contributed by atoms with Gasteiger partial charge in [-0.2, -0.15) is 0 Å². The summed E-state index contributed by atoms with van der Waals surface area (Å²) in [4.78, 5) is 14.9. The Kier molecular flexibility index (Phi) is 5.25. The van der Waals surface area contributed by atoms with E-state index in [9.17, 15) is 0 Å². The molecule has 0 atom stereocenters. The first-order chi connectivity index (χ1) is 27.4. The second-order valence-corrected chi connectivity index (χ2v) is 14.6. The molecular weight excluding hydrogens is 661 g/mol. The standard InChI is InChI=1S/C45H26N4S2/c1-2-12-27(13-3-1)43-46-44(28-24-25-39-34(26-28)31-16-6-9-22-38(31)50-39)48-45(47-43)33-18-11-23-40-41(33)32-17-10-21-37(42(32)51-40)49-35-19-7-4-14-29(35)30-15-5-8-20-36(30)49/h1-26H/i1D,2D,3D,12D,13D. The van der Waals surface area contributed by atoms with Crippen LogP contribution in [0.15, 0.2) is 158 Å². The van der Waals surface area contributed by atoms with Crippen LogP contribution < -0.4 is 0 Å². The Morgan fingerprint density at radius 1 is 0.471 bits per heavy atom. The minimum absolute atomic E-state index is 0.0137. The molecule has 0 saturated heterocycles. The van der Waals surface area contributed by atoms with Gasteiger partial charge in [-0.05, 0) is 48.5 Å². The van der Waals surface area contributed by atoms with Crippen LogP contribution in [0, 0.1) is 0 Å². The van der Waals surface area contributed by atoms with Gasteiger partial charge in [0, 0.05) is 63.1 Å². The molecule has 7 aromatic carbocycles. The van der Waals surface area contributed by atoms with E-state index < -0.39 is 18.1 Å².